The Morgan fingerprint density at radius 3 is 2.53 bits per heavy atom. The molecule has 0 saturated carbocycles. The molecule has 0 amide bonds. The zero-order valence-electron chi connectivity index (χ0n) is 8.27. The monoisotopic (exact) mass is 268 g/mol. The average molecular weight is 269 g/mol. The Bertz CT molecular complexity index is 486. The lowest BCUT2D eigenvalue weighted by molar-refractivity contribution is 0.754. The molecular formula is C8H9BrN6. The maximum Gasteiger partial charge on any atom is 0.270 e. The predicted octanol–water partition coefficient (Wildman–Crippen LogP) is 1.02. The van der Waals surface area contributed by atoms with Gasteiger partial charge in [-0.25, -0.2) is 9.67 Å². The standard InChI is InChI=1S/C8H9BrN6/c1-4-5(2)12-13-8(11-4)15-3-6(9)7(10)14-15/h3H,1-2H3,(H2,10,14). The molecule has 0 bridgehead atoms. The molecule has 0 unspecified atom stereocenters. The summed E-state index contributed by atoms with van der Waals surface area (Å²) in [6.45, 7) is 3.72. The fourth-order valence-electron chi connectivity index (χ4n) is 1.01. The van der Waals surface area contributed by atoms with Crippen molar-refractivity contribution in [3.63, 3.8) is 0 Å². The second-order valence-corrected chi connectivity index (χ2v) is 3.94. The van der Waals surface area contributed by atoms with Crippen molar-refractivity contribution in [3.8, 4) is 5.95 Å². The van der Waals surface area contributed by atoms with E-state index in [9.17, 15) is 0 Å². The Labute approximate surface area is 94.7 Å². The molecule has 7 heteroatoms. The smallest absolute Gasteiger partial charge is 0.270 e. The molecule has 2 heterocycles. The molecule has 78 valence electrons. The maximum atomic E-state index is 5.59. The van der Waals surface area contributed by atoms with Crippen LogP contribution in [-0.4, -0.2) is 25.0 Å². The molecule has 0 fully saturated rings. The van der Waals surface area contributed by atoms with Crippen molar-refractivity contribution < 1.29 is 0 Å². The van der Waals surface area contributed by atoms with E-state index >= 15 is 0 Å². The molecule has 0 atom stereocenters. The largest absolute Gasteiger partial charge is 0.381 e. The Hall–Kier alpha value is -1.50. The van der Waals surface area contributed by atoms with E-state index in [1.165, 1.54) is 4.68 Å². The molecule has 0 radical (unpaired) electrons. The summed E-state index contributed by atoms with van der Waals surface area (Å²) in [4.78, 5) is 4.25. The molecule has 0 aromatic carbocycles. The number of hydrogen-bond donors (Lipinski definition) is 1. The minimum atomic E-state index is 0.400. The predicted molar refractivity (Wildman–Crippen MR) is 58.5 cm³/mol. The second-order valence-electron chi connectivity index (χ2n) is 3.09. The van der Waals surface area contributed by atoms with Crippen LogP contribution in [0.3, 0.4) is 0 Å². The Kier molecular flexibility index (Phi) is 2.39. The quantitative estimate of drug-likeness (QED) is 0.835. The molecule has 0 saturated heterocycles. The van der Waals surface area contributed by atoms with Crippen molar-refractivity contribution >= 4 is 21.7 Å². The van der Waals surface area contributed by atoms with Gasteiger partial charge in [-0.05, 0) is 29.8 Å². The number of nitrogen functional groups attached to an aromatic ring is 1. The number of anilines is 1. The fourth-order valence-corrected chi connectivity index (χ4v) is 1.28. The number of halogens is 1. The lowest BCUT2D eigenvalue weighted by atomic mass is 10.4. The molecular weight excluding hydrogens is 260 g/mol. The van der Waals surface area contributed by atoms with Gasteiger partial charge in [-0.1, -0.05) is 0 Å². The van der Waals surface area contributed by atoms with Crippen LogP contribution in [0, 0.1) is 13.8 Å². The van der Waals surface area contributed by atoms with Crippen LogP contribution in [0.5, 0.6) is 0 Å². The first-order chi connectivity index (χ1) is 7.08. The molecule has 15 heavy (non-hydrogen) atoms. The Morgan fingerprint density at radius 1 is 1.27 bits per heavy atom. The van der Waals surface area contributed by atoms with Crippen molar-refractivity contribution in [2.45, 2.75) is 13.8 Å². The van der Waals surface area contributed by atoms with E-state index in [4.69, 9.17) is 5.73 Å². The van der Waals surface area contributed by atoms with Crippen molar-refractivity contribution in [1.82, 2.24) is 25.0 Å². The van der Waals surface area contributed by atoms with E-state index < -0.39 is 0 Å². The van der Waals surface area contributed by atoms with Crippen molar-refractivity contribution in [2.75, 3.05) is 5.73 Å². The molecule has 2 aromatic rings. The number of rotatable bonds is 1. The van der Waals surface area contributed by atoms with Gasteiger partial charge in [-0.15, -0.1) is 10.2 Å². The van der Waals surface area contributed by atoms with Crippen molar-refractivity contribution in [3.05, 3.63) is 22.1 Å². The van der Waals surface area contributed by atoms with E-state index in [2.05, 4.69) is 36.2 Å². The average Bonchev–Trinajstić information content (AvgIpc) is 2.52. The van der Waals surface area contributed by atoms with Gasteiger partial charge < -0.3 is 5.73 Å². The van der Waals surface area contributed by atoms with Crippen LogP contribution in [0.2, 0.25) is 0 Å². The van der Waals surface area contributed by atoms with E-state index in [1.807, 2.05) is 13.8 Å². The first-order valence-corrected chi connectivity index (χ1v) is 5.06. The highest BCUT2D eigenvalue weighted by atomic mass is 79.9. The van der Waals surface area contributed by atoms with Gasteiger partial charge in [0.2, 0.25) is 0 Å². The molecule has 0 aliphatic rings. The molecule has 2 aromatic heterocycles. The third kappa shape index (κ3) is 1.82. The van der Waals surface area contributed by atoms with Gasteiger partial charge in [0.1, 0.15) is 0 Å². The highest BCUT2D eigenvalue weighted by molar-refractivity contribution is 9.10. The summed E-state index contributed by atoms with van der Waals surface area (Å²) in [6, 6.07) is 0. The topological polar surface area (TPSA) is 82.5 Å². The first kappa shape index (κ1) is 10.0. The van der Waals surface area contributed by atoms with Gasteiger partial charge in [-0.3, -0.25) is 0 Å². The molecule has 0 aliphatic heterocycles. The molecule has 2 N–H and O–H groups in total. The Balaban J connectivity index is 2.49. The van der Waals surface area contributed by atoms with Gasteiger partial charge in [0.05, 0.1) is 22.1 Å². The van der Waals surface area contributed by atoms with E-state index in [-0.39, 0.29) is 0 Å². The van der Waals surface area contributed by atoms with Crippen molar-refractivity contribution in [2.24, 2.45) is 0 Å². The van der Waals surface area contributed by atoms with Crippen LogP contribution >= 0.6 is 15.9 Å². The third-order valence-electron chi connectivity index (χ3n) is 1.98. The van der Waals surface area contributed by atoms with Crippen LogP contribution in [0.4, 0.5) is 5.82 Å². The van der Waals surface area contributed by atoms with Crippen LogP contribution in [0.15, 0.2) is 10.7 Å². The van der Waals surface area contributed by atoms with Crippen molar-refractivity contribution in [1.29, 1.82) is 0 Å². The van der Waals surface area contributed by atoms with Crippen LogP contribution in [-0.2, 0) is 0 Å². The SMILES string of the molecule is Cc1nnc(-n2cc(Br)c(N)n2)nc1C. The molecule has 0 spiro atoms. The summed E-state index contributed by atoms with van der Waals surface area (Å²) in [5.74, 6) is 0.812. The number of hydrogen-bond acceptors (Lipinski definition) is 5. The summed E-state index contributed by atoms with van der Waals surface area (Å²) in [5.41, 5.74) is 7.22. The maximum absolute atomic E-state index is 5.59. The second kappa shape index (κ2) is 3.58. The van der Waals surface area contributed by atoms with E-state index in [1.54, 1.807) is 6.20 Å². The van der Waals surface area contributed by atoms with Crippen LogP contribution in [0.25, 0.3) is 5.95 Å². The van der Waals surface area contributed by atoms with Crippen LogP contribution in [0.1, 0.15) is 11.4 Å². The highest BCUT2D eigenvalue weighted by Gasteiger charge is 2.08. The van der Waals surface area contributed by atoms with Gasteiger partial charge in [0.25, 0.3) is 5.95 Å². The molecule has 6 nitrogen and oxygen atoms in total. The summed E-state index contributed by atoms with van der Waals surface area (Å²) in [5, 5.41) is 11.9. The number of nitrogens with two attached hydrogens (primary N) is 1. The van der Waals surface area contributed by atoms with Gasteiger partial charge >= 0.3 is 0 Å². The number of nitrogens with zero attached hydrogens (tertiary/aromatic N) is 5. The minimum absolute atomic E-state index is 0.400. The zero-order chi connectivity index (χ0) is 11.0. The number of aryl methyl sites for hydroxylation is 2. The lowest BCUT2D eigenvalue weighted by Gasteiger charge is -2.00. The normalized spacial score (nSPS) is 10.6. The van der Waals surface area contributed by atoms with Gasteiger partial charge in [0, 0.05) is 0 Å². The first-order valence-electron chi connectivity index (χ1n) is 4.27. The molecule has 2 rings (SSSR count). The minimum Gasteiger partial charge on any atom is -0.381 e. The Morgan fingerprint density at radius 2 is 2.00 bits per heavy atom. The zero-order valence-corrected chi connectivity index (χ0v) is 9.85. The van der Waals surface area contributed by atoms with Crippen LogP contribution < -0.4 is 5.73 Å². The summed E-state index contributed by atoms with van der Waals surface area (Å²) in [7, 11) is 0. The van der Waals surface area contributed by atoms with Gasteiger partial charge in [-0.2, -0.15) is 5.10 Å². The summed E-state index contributed by atoms with van der Waals surface area (Å²) in [6.07, 6.45) is 1.70. The summed E-state index contributed by atoms with van der Waals surface area (Å²) < 4.78 is 2.20. The van der Waals surface area contributed by atoms with Gasteiger partial charge in [0.15, 0.2) is 5.82 Å². The van der Waals surface area contributed by atoms with E-state index in [0.717, 1.165) is 11.4 Å². The third-order valence-corrected chi connectivity index (χ3v) is 2.59. The fraction of sp³-hybridized carbons (Fsp3) is 0.250. The number of aromatic nitrogens is 5. The summed E-state index contributed by atoms with van der Waals surface area (Å²) >= 11 is 3.26. The molecule has 0 aliphatic carbocycles. The van der Waals surface area contributed by atoms with E-state index in [0.29, 0.717) is 16.2 Å². The lowest BCUT2D eigenvalue weighted by Crippen LogP contribution is -2.06. The highest BCUT2D eigenvalue weighted by Crippen LogP contribution is 2.17.